The molecule has 1 aromatic rings. The van der Waals surface area contributed by atoms with Crippen LogP contribution in [0.5, 0.6) is 5.75 Å². The van der Waals surface area contributed by atoms with E-state index >= 15 is 0 Å². The van der Waals surface area contributed by atoms with Crippen molar-refractivity contribution in [2.24, 2.45) is 5.73 Å². The normalized spacial score (nSPS) is 16.1. The average Bonchev–Trinajstić information content (AvgIpc) is 2.29. The topological polar surface area (TPSA) is 64.7 Å². The van der Waals surface area contributed by atoms with E-state index in [1.807, 2.05) is 38.1 Å². The first-order valence-electron chi connectivity index (χ1n) is 6.11. The van der Waals surface area contributed by atoms with Crippen LogP contribution in [0.2, 0.25) is 0 Å². The van der Waals surface area contributed by atoms with E-state index in [-0.39, 0.29) is 12.7 Å². The zero-order valence-electron chi connectivity index (χ0n) is 11.3. The molecule has 2 unspecified atom stereocenters. The molecule has 1 aromatic carbocycles. The first-order valence-corrected chi connectivity index (χ1v) is 6.11. The Labute approximate surface area is 109 Å². The lowest BCUT2D eigenvalue weighted by atomic mass is 9.97. The number of hydrogen-bond donors (Lipinski definition) is 2. The molecule has 2 atom stereocenters. The van der Waals surface area contributed by atoms with Gasteiger partial charge in [0.25, 0.3) is 0 Å². The lowest BCUT2D eigenvalue weighted by molar-refractivity contribution is 0.133. The molecule has 4 nitrogen and oxygen atoms in total. The van der Waals surface area contributed by atoms with E-state index < -0.39 is 5.54 Å². The number of hydrogen-bond acceptors (Lipinski definition) is 4. The van der Waals surface area contributed by atoms with Gasteiger partial charge in [-0.1, -0.05) is 12.1 Å². The van der Waals surface area contributed by atoms with Crippen LogP contribution >= 0.6 is 0 Å². The first-order chi connectivity index (χ1) is 8.46. The minimum atomic E-state index is -0.608. The highest BCUT2D eigenvalue weighted by atomic mass is 16.5. The molecule has 0 saturated carbocycles. The molecular formula is C14H23NO3. The van der Waals surface area contributed by atoms with E-state index in [1.165, 1.54) is 0 Å². The molecule has 4 heteroatoms. The summed E-state index contributed by atoms with van der Waals surface area (Å²) in [6, 6.07) is 7.78. The predicted octanol–water partition coefficient (Wildman–Crippen LogP) is 1.70. The third-order valence-electron chi connectivity index (χ3n) is 2.66. The lowest BCUT2D eigenvalue weighted by Crippen LogP contribution is -2.43. The molecule has 18 heavy (non-hydrogen) atoms. The van der Waals surface area contributed by atoms with Gasteiger partial charge in [-0.25, -0.2) is 0 Å². The van der Waals surface area contributed by atoms with E-state index in [1.54, 1.807) is 7.11 Å². The quantitative estimate of drug-likeness (QED) is 0.776. The summed E-state index contributed by atoms with van der Waals surface area (Å²) in [7, 11) is 1.66. The smallest absolute Gasteiger partial charge is 0.120 e. The van der Waals surface area contributed by atoms with Crippen molar-refractivity contribution >= 4 is 0 Å². The third kappa shape index (κ3) is 5.04. The Morgan fingerprint density at radius 3 is 2.78 bits per heavy atom. The molecule has 0 spiro atoms. The Morgan fingerprint density at radius 1 is 1.44 bits per heavy atom. The van der Waals surface area contributed by atoms with Crippen LogP contribution in [0.25, 0.3) is 0 Å². The Bertz CT molecular complexity index is 366. The van der Waals surface area contributed by atoms with E-state index in [0.29, 0.717) is 13.0 Å². The maximum Gasteiger partial charge on any atom is 0.120 e. The Morgan fingerprint density at radius 2 is 2.17 bits per heavy atom. The molecule has 0 aromatic heterocycles. The van der Waals surface area contributed by atoms with Gasteiger partial charge in [-0.15, -0.1) is 0 Å². The molecule has 0 radical (unpaired) electrons. The molecular weight excluding hydrogens is 230 g/mol. The van der Waals surface area contributed by atoms with Crippen LogP contribution in [-0.2, 0) is 11.3 Å². The molecule has 0 aliphatic rings. The maximum atomic E-state index is 9.13. The zero-order valence-corrected chi connectivity index (χ0v) is 11.3. The van der Waals surface area contributed by atoms with Crippen LogP contribution in [0.3, 0.4) is 0 Å². The van der Waals surface area contributed by atoms with E-state index in [9.17, 15) is 0 Å². The van der Waals surface area contributed by atoms with Crippen molar-refractivity contribution in [3.63, 3.8) is 0 Å². The van der Waals surface area contributed by atoms with Crippen molar-refractivity contribution < 1.29 is 14.6 Å². The van der Waals surface area contributed by atoms with Gasteiger partial charge < -0.3 is 20.3 Å². The second-order valence-corrected chi connectivity index (χ2v) is 5.03. The van der Waals surface area contributed by atoms with E-state index in [0.717, 1.165) is 11.3 Å². The SMILES string of the molecule is COCc1cccc(OC(C)CC(C)(N)CO)c1. The molecule has 102 valence electrons. The van der Waals surface area contributed by atoms with E-state index in [4.69, 9.17) is 20.3 Å². The highest BCUT2D eigenvalue weighted by molar-refractivity contribution is 5.28. The number of rotatable bonds is 7. The van der Waals surface area contributed by atoms with Crippen LogP contribution in [0, 0.1) is 0 Å². The van der Waals surface area contributed by atoms with Gasteiger partial charge in [0.05, 0.1) is 19.3 Å². The van der Waals surface area contributed by atoms with Crippen molar-refractivity contribution in [1.82, 2.24) is 0 Å². The molecule has 0 fully saturated rings. The summed E-state index contributed by atoms with van der Waals surface area (Å²) < 4.78 is 10.9. The first kappa shape index (κ1) is 15.0. The fourth-order valence-corrected chi connectivity index (χ4v) is 1.87. The fraction of sp³-hybridized carbons (Fsp3) is 0.571. The largest absolute Gasteiger partial charge is 0.491 e. The van der Waals surface area contributed by atoms with Crippen molar-refractivity contribution in [2.75, 3.05) is 13.7 Å². The molecule has 0 aliphatic heterocycles. The van der Waals surface area contributed by atoms with Crippen LogP contribution in [0.4, 0.5) is 0 Å². The molecule has 0 saturated heterocycles. The Kier molecular flexibility index (Phi) is 5.59. The van der Waals surface area contributed by atoms with Crippen LogP contribution in [0.1, 0.15) is 25.8 Å². The average molecular weight is 253 g/mol. The predicted molar refractivity (Wildman–Crippen MR) is 71.5 cm³/mol. The monoisotopic (exact) mass is 253 g/mol. The van der Waals surface area contributed by atoms with Gasteiger partial charge in [-0.3, -0.25) is 0 Å². The molecule has 0 heterocycles. The number of ether oxygens (including phenoxy) is 2. The number of methoxy groups -OCH3 is 1. The summed E-state index contributed by atoms with van der Waals surface area (Å²) in [4.78, 5) is 0. The van der Waals surface area contributed by atoms with Crippen LogP contribution < -0.4 is 10.5 Å². The van der Waals surface area contributed by atoms with Gasteiger partial charge in [0.15, 0.2) is 0 Å². The van der Waals surface area contributed by atoms with Crippen LogP contribution in [0.15, 0.2) is 24.3 Å². The Hall–Kier alpha value is -1.10. The summed E-state index contributed by atoms with van der Waals surface area (Å²) in [6.45, 7) is 4.28. The summed E-state index contributed by atoms with van der Waals surface area (Å²) in [5.41, 5.74) is 6.36. The minimum absolute atomic E-state index is 0.0510. The summed E-state index contributed by atoms with van der Waals surface area (Å²) in [5, 5.41) is 9.13. The number of aliphatic hydroxyl groups excluding tert-OH is 1. The fourth-order valence-electron chi connectivity index (χ4n) is 1.87. The second kappa shape index (κ2) is 6.73. The standard InChI is InChI=1S/C14H23NO3/c1-11(8-14(2,15)10-16)18-13-6-4-5-12(7-13)9-17-3/h4-7,11,16H,8-10,15H2,1-3H3. The zero-order chi connectivity index (χ0) is 13.6. The van der Waals surface area contributed by atoms with Crippen molar-refractivity contribution in [2.45, 2.75) is 38.5 Å². The summed E-state index contributed by atoms with van der Waals surface area (Å²) >= 11 is 0. The molecule has 1 rings (SSSR count). The highest BCUT2D eigenvalue weighted by Crippen LogP contribution is 2.18. The number of benzene rings is 1. The highest BCUT2D eigenvalue weighted by Gasteiger charge is 2.21. The summed E-state index contributed by atoms with van der Waals surface area (Å²) in [6.07, 6.45) is 0.544. The van der Waals surface area contributed by atoms with E-state index in [2.05, 4.69) is 0 Å². The molecule has 3 N–H and O–H groups in total. The van der Waals surface area contributed by atoms with Gasteiger partial charge >= 0.3 is 0 Å². The molecule has 0 aliphatic carbocycles. The third-order valence-corrected chi connectivity index (χ3v) is 2.66. The number of nitrogens with two attached hydrogens (primary N) is 1. The lowest BCUT2D eigenvalue weighted by Gasteiger charge is -2.26. The van der Waals surface area contributed by atoms with Gasteiger partial charge in [0.2, 0.25) is 0 Å². The minimum Gasteiger partial charge on any atom is -0.491 e. The van der Waals surface area contributed by atoms with Gasteiger partial charge in [0.1, 0.15) is 5.75 Å². The summed E-state index contributed by atoms with van der Waals surface area (Å²) in [5.74, 6) is 0.797. The maximum absolute atomic E-state index is 9.13. The second-order valence-electron chi connectivity index (χ2n) is 5.03. The van der Waals surface area contributed by atoms with Crippen molar-refractivity contribution in [3.05, 3.63) is 29.8 Å². The van der Waals surface area contributed by atoms with Crippen molar-refractivity contribution in [1.29, 1.82) is 0 Å². The van der Waals surface area contributed by atoms with Gasteiger partial charge in [0, 0.05) is 19.1 Å². The van der Waals surface area contributed by atoms with Gasteiger partial charge in [-0.2, -0.15) is 0 Å². The Balaban J connectivity index is 2.58. The molecule has 0 bridgehead atoms. The van der Waals surface area contributed by atoms with Gasteiger partial charge in [-0.05, 0) is 31.5 Å². The van der Waals surface area contributed by atoms with Crippen LogP contribution in [-0.4, -0.2) is 30.5 Å². The number of aliphatic hydroxyl groups is 1. The molecule has 0 amide bonds. The van der Waals surface area contributed by atoms with Crippen molar-refractivity contribution in [3.8, 4) is 5.75 Å².